The molecule has 3 rings (SSSR count). The first kappa shape index (κ1) is 15.9. The zero-order valence-corrected chi connectivity index (χ0v) is 13.6. The lowest BCUT2D eigenvalue weighted by atomic mass is 10.1. The highest BCUT2D eigenvalue weighted by atomic mass is 16.2. The van der Waals surface area contributed by atoms with E-state index < -0.39 is 6.04 Å². The molecule has 5 N–H and O–H groups in total. The summed E-state index contributed by atoms with van der Waals surface area (Å²) >= 11 is 0. The molecule has 124 valence electrons. The van der Waals surface area contributed by atoms with Crippen LogP contribution < -0.4 is 11.1 Å². The molecule has 0 aliphatic carbocycles. The van der Waals surface area contributed by atoms with Crippen LogP contribution in [0.1, 0.15) is 28.7 Å². The summed E-state index contributed by atoms with van der Waals surface area (Å²) in [5.41, 5.74) is 11.0. The van der Waals surface area contributed by atoms with Crippen LogP contribution in [0.4, 0.5) is 0 Å². The van der Waals surface area contributed by atoms with Gasteiger partial charge in [0.2, 0.25) is 5.91 Å². The van der Waals surface area contributed by atoms with Gasteiger partial charge in [-0.1, -0.05) is 30.3 Å². The summed E-state index contributed by atoms with van der Waals surface area (Å²) in [5, 5.41) is 16.9. The second-order valence-corrected chi connectivity index (χ2v) is 5.69. The third-order valence-corrected chi connectivity index (χ3v) is 3.93. The number of aromatic amines is 2. The molecule has 2 heterocycles. The van der Waals surface area contributed by atoms with Gasteiger partial charge in [0, 0.05) is 16.8 Å². The summed E-state index contributed by atoms with van der Waals surface area (Å²) < 4.78 is 0. The molecule has 2 aromatic heterocycles. The summed E-state index contributed by atoms with van der Waals surface area (Å²) in [5.74, 6) is -0.251. The second kappa shape index (κ2) is 6.67. The minimum absolute atomic E-state index is 0.251. The number of amides is 1. The van der Waals surface area contributed by atoms with Crippen molar-refractivity contribution in [1.82, 2.24) is 25.7 Å². The predicted molar refractivity (Wildman–Crippen MR) is 90.9 cm³/mol. The van der Waals surface area contributed by atoms with Crippen LogP contribution in [-0.4, -0.2) is 26.3 Å². The zero-order valence-electron chi connectivity index (χ0n) is 13.6. The molecule has 1 atom stereocenters. The van der Waals surface area contributed by atoms with E-state index in [-0.39, 0.29) is 5.91 Å². The molecule has 1 aromatic carbocycles. The third-order valence-electron chi connectivity index (χ3n) is 3.93. The maximum Gasteiger partial charge on any atom is 0.241 e. The standard InChI is InChI=1S/C17H20N6O/c1-10-15(11(2)21-20-10)16(18)17(24)19-9-13-8-14(23-22-13)12-6-4-3-5-7-12/h3-8,16H,9,18H2,1-2H3,(H,19,24)(H,20,21)(H,22,23)/t16-/m1/s1. The number of benzene rings is 1. The van der Waals surface area contributed by atoms with Gasteiger partial charge in [-0.25, -0.2) is 0 Å². The Morgan fingerprint density at radius 2 is 1.96 bits per heavy atom. The highest BCUT2D eigenvalue weighted by Gasteiger charge is 2.21. The lowest BCUT2D eigenvalue weighted by Crippen LogP contribution is -2.34. The molecule has 3 aromatic rings. The molecular weight excluding hydrogens is 304 g/mol. The molecule has 7 nitrogen and oxygen atoms in total. The number of aryl methyl sites for hydroxylation is 2. The highest BCUT2D eigenvalue weighted by molar-refractivity contribution is 5.83. The van der Waals surface area contributed by atoms with Crippen LogP contribution in [0.5, 0.6) is 0 Å². The van der Waals surface area contributed by atoms with Crippen LogP contribution in [-0.2, 0) is 11.3 Å². The van der Waals surface area contributed by atoms with Crippen LogP contribution in [0.2, 0.25) is 0 Å². The van der Waals surface area contributed by atoms with Gasteiger partial charge in [-0.3, -0.25) is 15.0 Å². The number of carbonyl (C=O) groups is 1. The van der Waals surface area contributed by atoms with Crippen molar-refractivity contribution >= 4 is 5.91 Å². The summed E-state index contributed by atoms with van der Waals surface area (Å²) in [4.78, 5) is 12.3. The predicted octanol–water partition coefficient (Wildman–Crippen LogP) is 1.73. The smallest absolute Gasteiger partial charge is 0.241 e. The SMILES string of the molecule is Cc1n[nH]c(C)c1[C@@H](N)C(=O)NCc1cc(-c2ccccc2)n[nH]1. The summed E-state index contributed by atoms with van der Waals surface area (Å²) in [7, 11) is 0. The van der Waals surface area contributed by atoms with Gasteiger partial charge >= 0.3 is 0 Å². The number of carbonyl (C=O) groups excluding carboxylic acids is 1. The van der Waals surface area contributed by atoms with E-state index in [0.717, 1.165) is 33.9 Å². The largest absolute Gasteiger partial charge is 0.349 e. The average Bonchev–Trinajstić information content (AvgIpc) is 3.20. The molecular formula is C17H20N6O. The van der Waals surface area contributed by atoms with Crippen molar-refractivity contribution in [2.24, 2.45) is 5.73 Å². The van der Waals surface area contributed by atoms with Crippen LogP contribution in [0.3, 0.4) is 0 Å². The molecule has 0 fully saturated rings. The monoisotopic (exact) mass is 324 g/mol. The lowest BCUT2D eigenvalue weighted by molar-refractivity contribution is -0.122. The molecule has 24 heavy (non-hydrogen) atoms. The quantitative estimate of drug-likeness (QED) is 0.572. The Balaban J connectivity index is 1.64. The number of aromatic nitrogens is 4. The fourth-order valence-corrected chi connectivity index (χ4v) is 2.65. The van der Waals surface area contributed by atoms with Gasteiger partial charge in [0.1, 0.15) is 6.04 Å². The van der Waals surface area contributed by atoms with E-state index in [9.17, 15) is 4.79 Å². The minimum Gasteiger partial charge on any atom is -0.349 e. The van der Waals surface area contributed by atoms with Crippen molar-refractivity contribution < 1.29 is 4.79 Å². The topological polar surface area (TPSA) is 112 Å². The maximum atomic E-state index is 12.3. The van der Waals surface area contributed by atoms with Crippen LogP contribution in [0, 0.1) is 13.8 Å². The first-order valence-electron chi connectivity index (χ1n) is 7.70. The molecule has 0 spiro atoms. The number of hydrogen-bond donors (Lipinski definition) is 4. The Bertz CT molecular complexity index is 816. The second-order valence-electron chi connectivity index (χ2n) is 5.69. The molecule has 0 saturated carbocycles. The van der Waals surface area contributed by atoms with Crippen LogP contribution >= 0.6 is 0 Å². The van der Waals surface area contributed by atoms with Gasteiger partial charge < -0.3 is 11.1 Å². The minimum atomic E-state index is -0.750. The first-order valence-corrected chi connectivity index (χ1v) is 7.70. The number of nitrogens with two attached hydrogens (primary N) is 1. The maximum absolute atomic E-state index is 12.3. The number of nitrogens with one attached hydrogen (secondary N) is 3. The van der Waals surface area contributed by atoms with Crippen LogP contribution in [0.25, 0.3) is 11.3 Å². The van der Waals surface area contributed by atoms with Crippen molar-refractivity contribution in [2.45, 2.75) is 26.4 Å². The fraction of sp³-hybridized carbons (Fsp3) is 0.235. The molecule has 7 heteroatoms. The van der Waals surface area contributed by atoms with Gasteiger partial charge in [0.25, 0.3) is 0 Å². The van der Waals surface area contributed by atoms with E-state index in [2.05, 4.69) is 25.7 Å². The Labute approximate surface area is 139 Å². The normalized spacial score (nSPS) is 12.1. The van der Waals surface area contributed by atoms with Crippen LogP contribution in [0.15, 0.2) is 36.4 Å². The molecule has 1 amide bonds. The van der Waals surface area contributed by atoms with Gasteiger partial charge in [0.15, 0.2) is 0 Å². The van der Waals surface area contributed by atoms with Gasteiger partial charge in [-0.15, -0.1) is 0 Å². The molecule has 0 unspecified atom stereocenters. The molecule has 0 bridgehead atoms. The molecule has 0 radical (unpaired) electrons. The first-order chi connectivity index (χ1) is 11.6. The van der Waals surface area contributed by atoms with E-state index in [0.29, 0.717) is 6.54 Å². The van der Waals surface area contributed by atoms with E-state index in [1.807, 2.05) is 50.2 Å². The van der Waals surface area contributed by atoms with E-state index in [1.54, 1.807) is 0 Å². The van der Waals surface area contributed by atoms with Crippen molar-refractivity contribution in [2.75, 3.05) is 0 Å². The Morgan fingerprint density at radius 1 is 1.21 bits per heavy atom. The van der Waals surface area contributed by atoms with Crippen molar-refractivity contribution in [3.05, 3.63) is 59.0 Å². The van der Waals surface area contributed by atoms with E-state index in [4.69, 9.17) is 5.73 Å². The number of hydrogen-bond acceptors (Lipinski definition) is 4. The van der Waals surface area contributed by atoms with Gasteiger partial charge in [0.05, 0.1) is 23.6 Å². The summed E-state index contributed by atoms with van der Waals surface area (Å²) in [6.07, 6.45) is 0. The molecule has 0 aliphatic rings. The fourth-order valence-electron chi connectivity index (χ4n) is 2.65. The van der Waals surface area contributed by atoms with Gasteiger partial charge in [-0.2, -0.15) is 10.2 Å². The third kappa shape index (κ3) is 3.21. The van der Waals surface area contributed by atoms with Crippen molar-refractivity contribution in [3.8, 4) is 11.3 Å². The molecule has 0 aliphatic heterocycles. The molecule has 0 saturated heterocycles. The summed E-state index contributed by atoms with van der Waals surface area (Å²) in [6.45, 7) is 4.01. The Morgan fingerprint density at radius 3 is 2.62 bits per heavy atom. The van der Waals surface area contributed by atoms with Crippen molar-refractivity contribution in [3.63, 3.8) is 0 Å². The number of rotatable bonds is 5. The van der Waals surface area contributed by atoms with E-state index >= 15 is 0 Å². The Kier molecular flexibility index (Phi) is 4.43. The van der Waals surface area contributed by atoms with E-state index in [1.165, 1.54) is 0 Å². The van der Waals surface area contributed by atoms with Crippen molar-refractivity contribution in [1.29, 1.82) is 0 Å². The zero-order chi connectivity index (χ0) is 17.1. The summed E-state index contributed by atoms with van der Waals surface area (Å²) in [6, 6.07) is 11.0. The number of H-pyrrole nitrogens is 2. The van der Waals surface area contributed by atoms with Gasteiger partial charge in [-0.05, 0) is 19.9 Å². The average molecular weight is 324 g/mol. The lowest BCUT2D eigenvalue weighted by Gasteiger charge is -2.12. The highest BCUT2D eigenvalue weighted by Crippen LogP contribution is 2.19. The number of nitrogens with zero attached hydrogens (tertiary/aromatic N) is 2. The Hall–Kier alpha value is -2.93.